The summed E-state index contributed by atoms with van der Waals surface area (Å²) in [4.78, 5) is 4.03. The van der Waals surface area contributed by atoms with E-state index in [-0.39, 0.29) is 0 Å². The molecule has 2 rings (SSSR count). The molecule has 0 aromatic carbocycles. The van der Waals surface area contributed by atoms with Crippen LogP contribution in [0.25, 0.3) is 5.52 Å². The van der Waals surface area contributed by atoms with E-state index in [1.54, 1.807) is 0 Å². The van der Waals surface area contributed by atoms with Gasteiger partial charge >= 0.3 is 6.18 Å². The van der Waals surface area contributed by atoms with Gasteiger partial charge in [0.25, 0.3) is 0 Å². The Bertz CT molecular complexity index is 533. The van der Waals surface area contributed by atoms with E-state index in [0.717, 1.165) is 18.9 Å². The summed E-state index contributed by atoms with van der Waals surface area (Å²) in [6.45, 7) is 2.71. The predicted octanol–water partition coefficient (Wildman–Crippen LogP) is 2.96. The van der Waals surface area contributed by atoms with E-state index >= 15 is 0 Å². The van der Waals surface area contributed by atoms with Crippen LogP contribution in [0.1, 0.15) is 25.5 Å². The third-order valence-electron chi connectivity index (χ3n) is 2.50. The lowest BCUT2D eigenvalue weighted by Crippen LogP contribution is -2.05. The van der Waals surface area contributed by atoms with Crippen LogP contribution < -0.4 is 5.32 Å². The second-order valence-corrected chi connectivity index (χ2v) is 3.91. The Morgan fingerprint density at radius 2 is 2.17 bits per heavy atom. The molecule has 0 aliphatic rings. The molecule has 98 valence electrons. The number of rotatable bonds is 4. The number of fused-ring (bicyclic) bond motifs is 1. The molecule has 0 spiro atoms. The maximum absolute atomic E-state index is 12.5. The second-order valence-electron chi connectivity index (χ2n) is 3.91. The molecule has 0 bridgehead atoms. The molecule has 2 aromatic heterocycles. The third kappa shape index (κ3) is 2.55. The van der Waals surface area contributed by atoms with Gasteiger partial charge in [0.1, 0.15) is 5.52 Å². The molecule has 7 heteroatoms. The second kappa shape index (κ2) is 4.83. The number of aromatic nitrogens is 3. The Kier molecular flexibility index (Phi) is 3.40. The Morgan fingerprint density at radius 3 is 2.83 bits per heavy atom. The summed E-state index contributed by atoms with van der Waals surface area (Å²) in [6, 6.07) is 1.00. The zero-order valence-electron chi connectivity index (χ0n) is 9.83. The van der Waals surface area contributed by atoms with Gasteiger partial charge in [-0.05, 0) is 6.42 Å². The highest BCUT2D eigenvalue weighted by Crippen LogP contribution is 2.29. The van der Waals surface area contributed by atoms with Gasteiger partial charge in [0, 0.05) is 25.0 Å². The topological polar surface area (TPSA) is 42.2 Å². The van der Waals surface area contributed by atoms with E-state index in [0.29, 0.717) is 17.9 Å². The summed E-state index contributed by atoms with van der Waals surface area (Å²) in [7, 11) is 0. The van der Waals surface area contributed by atoms with E-state index < -0.39 is 11.9 Å². The first-order valence-electron chi connectivity index (χ1n) is 5.68. The van der Waals surface area contributed by atoms with E-state index in [4.69, 9.17) is 0 Å². The van der Waals surface area contributed by atoms with Crippen LogP contribution in [0.2, 0.25) is 0 Å². The average molecular weight is 258 g/mol. The number of alkyl halides is 3. The van der Waals surface area contributed by atoms with Crippen molar-refractivity contribution in [2.45, 2.75) is 25.9 Å². The van der Waals surface area contributed by atoms with Gasteiger partial charge in [0.2, 0.25) is 0 Å². The molecular formula is C11H13F3N4. The molecule has 0 saturated heterocycles. The highest BCUT2D eigenvalue weighted by atomic mass is 19.4. The number of nitrogens with one attached hydrogen (secondary N) is 1. The van der Waals surface area contributed by atoms with Gasteiger partial charge in [0.05, 0.1) is 0 Å². The van der Waals surface area contributed by atoms with Crippen LogP contribution in [0.5, 0.6) is 0 Å². The first-order chi connectivity index (χ1) is 8.52. The number of unbranched alkanes of at least 4 members (excludes halogenated alkanes) is 1. The molecular weight excluding hydrogens is 245 g/mol. The summed E-state index contributed by atoms with van der Waals surface area (Å²) < 4.78 is 38.8. The minimum absolute atomic E-state index is 0.334. The van der Waals surface area contributed by atoms with Crippen LogP contribution in [-0.4, -0.2) is 21.1 Å². The average Bonchev–Trinajstić information content (AvgIpc) is 2.73. The van der Waals surface area contributed by atoms with Crippen LogP contribution >= 0.6 is 0 Å². The van der Waals surface area contributed by atoms with Crippen LogP contribution in [0.3, 0.4) is 0 Å². The molecule has 2 heterocycles. The van der Waals surface area contributed by atoms with Crippen molar-refractivity contribution >= 4 is 11.3 Å². The van der Waals surface area contributed by atoms with E-state index in [1.807, 2.05) is 6.92 Å². The molecule has 0 radical (unpaired) electrons. The van der Waals surface area contributed by atoms with Crippen molar-refractivity contribution in [1.82, 2.24) is 14.6 Å². The molecule has 0 unspecified atom stereocenters. The van der Waals surface area contributed by atoms with Crippen molar-refractivity contribution in [1.29, 1.82) is 0 Å². The number of nitrogens with zero attached hydrogens (tertiary/aromatic N) is 3. The fraction of sp³-hybridized carbons (Fsp3) is 0.455. The molecule has 0 fully saturated rings. The highest BCUT2D eigenvalue weighted by molar-refractivity contribution is 5.67. The lowest BCUT2D eigenvalue weighted by atomic mass is 10.3. The van der Waals surface area contributed by atoms with Crippen molar-refractivity contribution < 1.29 is 13.2 Å². The summed E-state index contributed by atoms with van der Waals surface area (Å²) >= 11 is 0. The Labute approximate surface area is 102 Å². The van der Waals surface area contributed by atoms with Gasteiger partial charge in [-0.25, -0.2) is 9.50 Å². The molecule has 4 nitrogen and oxygen atoms in total. The van der Waals surface area contributed by atoms with Gasteiger partial charge in [-0.3, -0.25) is 0 Å². The van der Waals surface area contributed by atoms with Crippen molar-refractivity contribution in [3.63, 3.8) is 0 Å². The predicted molar refractivity (Wildman–Crippen MR) is 61.4 cm³/mol. The minimum Gasteiger partial charge on any atom is -0.368 e. The fourth-order valence-corrected chi connectivity index (χ4v) is 1.58. The van der Waals surface area contributed by atoms with Crippen LogP contribution in [0.15, 0.2) is 18.5 Å². The molecule has 1 N–H and O–H groups in total. The maximum Gasteiger partial charge on any atom is 0.435 e. The molecule has 0 amide bonds. The smallest absolute Gasteiger partial charge is 0.368 e. The Balaban J connectivity index is 2.33. The number of hydrogen-bond acceptors (Lipinski definition) is 3. The zero-order chi connectivity index (χ0) is 13.2. The van der Waals surface area contributed by atoms with Crippen molar-refractivity contribution in [2.75, 3.05) is 11.9 Å². The fourth-order valence-electron chi connectivity index (χ4n) is 1.58. The molecule has 18 heavy (non-hydrogen) atoms. The first kappa shape index (κ1) is 12.7. The number of halogens is 3. The summed E-state index contributed by atoms with van der Waals surface area (Å²) in [6.07, 6.45) is 0.322. The largest absolute Gasteiger partial charge is 0.435 e. The third-order valence-corrected chi connectivity index (χ3v) is 2.50. The van der Waals surface area contributed by atoms with Crippen molar-refractivity contribution in [3.05, 3.63) is 24.2 Å². The molecule has 0 saturated carbocycles. The first-order valence-corrected chi connectivity index (χ1v) is 5.68. The summed E-state index contributed by atoms with van der Waals surface area (Å²) in [5.74, 6) is 0.425. The summed E-state index contributed by atoms with van der Waals surface area (Å²) in [5.41, 5.74) is -0.574. The van der Waals surface area contributed by atoms with Crippen LogP contribution in [-0.2, 0) is 6.18 Å². The zero-order valence-corrected chi connectivity index (χ0v) is 9.83. The molecule has 0 atom stereocenters. The molecule has 0 aliphatic heterocycles. The maximum atomic E-state index is 12.5. The summed E-state index contributed by atoms with van der Waals surface area (Å²) in [5, 5.41) is 6.50. The lowest BCUT2D eigenvalue weighted by molar-refractivity contribution is -0.141. The Morgan fingerprint density at radius 1 is 1.39 bits per heavy atom. The molecule has 0 aliphatic carbocycles. The minimum atomic E-state index is -4.44. The van der Waals surface area contributed by atoms with Crippen molar-refractivity contribution in [3.8, 4) is 0 Å². The Hall–Kier alpha value is -1.79. The van der Waals surface area contributed by atoms with Gasteiger partial charge in [-0.1, -0.05) is 13.3 Å². The number of anilines is 1. The lowest BCUT2D eigenvalue weighted by Gasteiger charge is -2.05. The van der Waals surface area contributed by atoms with Gasteiger partial charge in [-0.2, -0.15) is 18.3 Å². The van der Waals surface area contributed by atoms with Crippen molar-refractivity contribution in [2.24, 2.45) is 0 Å². The highest BCUT2D eigenvalue weighted by Gasteiger charge is 2.34. The standard InChI is InChI=1S/C11H13F3N4/c1-2-3-4-15-10-8-7-9(11(12,13)14)17-18(8)6-5-16-10/h5-7H,2-4H2,1H3,(H,15,16). The van der Waals surface area contributed by atoms with E-state index in [2.05, 4.69) is 15.4 Å². The number of hydrogen-bond donors (Lipinski definition) is 1. The van der Waals surface area contributed by atoms with E-state index in [9.17, 15) is 13.2 Å². The normalized spacial score (nSPS) is 12.0. The molecule has 2 aromatic rings. The van der Waals surface area contributed by atoms with Gasteiger partial charge < -0.3 is 5.32 Å². The van der Waals surface area contributed by atoms with Gasteiger partial charge in [0.15, 0.2) is 11.5 Å². The van der Waals surface area contributed by atoms with Crippen LogP contribution in [0, 0.1) is 0 Å². The van der Waals surface area contributed by atoms with Crippen LogP contribution in [0.4, 0.5) is 19.0 Å². The monoisotopic (exact) mass is 258 g/mol. The van der Waals surface area contributed by atoms with E-state index in [1.165, 1.54) is 16.9 Å². The SMILES string of the molecule is CCCCNc1nccn2nc(C(F)(F)F)cc12. The quantitative estimate of drug-likeness (QED) is 0.857. The van der Waals surface area contributed by atoms with Gasteiger partial charge in [-0.15, -0.1) is 0 Å².